The van der Waals surface area contributed by atoms with E-state index in [1.54, 1.807) is 38.1 Å². The minimum atomic E-state index is -0.498. The van der Waals surface area contributed by atoms with Crippen LogP contribution in [-0.4, -0.2) is 23.7 Å². The second kappa shape index (κ2) is 10.4. The van der Waals surface area contributed by atoms with E-state index in [-0.39, 0.29) is 52.8 Å². The van der Waals surface area contributed by atoms with Crippen LogP contribution in [0.15, 0.2) is 62.3 Å². The molecule has 2 aromatic heterocycles. The van der Waals surface area contributed by atoms with Gasteiger partial charge in [0.2, 0.25) is 11.2 Å². The molecule has 0 aliphatic rings. The average molecular weight is 498 g/mol. The lowest BCUT2D eigenvalue weighted by Gasteiger charge is -2.10. The fraction of sp³-hybridized carbons (Fsp3) is 0.200. The van der Waals surface area contributed by atoms with Crippen molar-refractivity contribution in [1.29, 1.82) is 0 Å². The summed E-state index contributed by atoms with van der Waals surface area (Å²) in [5, 5.41) is 4.02. The van der Waals surface area contributed by atoms with E-state index in [2.05, 4.69) is 5.16 Å². The van der Waals surface area contributed by atoms with Crippen molar-refractivity contribution in [2.45, 2.75) is 26.7 Å². The smallest absolute Gasteiger partial charge is 0.338 e. The Morgan fingerprint density at radius 1 is 1.06 bits per heavy atom. The van der Waals surface area contributed by atoms with Gasteiger partial charge in [-0.05, 0) is 50.2 Å². The van der Waals surface area contributed by atoms with Crippen molar-refractivity contribution in [3.63, 3.8) is 0 Å². The zero-order valence-corrected chi connectivity index (χ0v) is 19.6. The van der Waals surface area contributed by atoms with Crippen LogP contribution in [0.25, 0.3) is 11.0 Å². The van der Waals surface area contributed by atoms with Crippen molar-refractivity contribution in [2.24, 2.45) is 0 Å². The molecule has 9 nitrogen and oxygen atoms in total. The highest BCUT2D eigenvalue weighted by molar-refractivity contribution is 6.29. The lowest BCUT2D eigenvalue weighted by atomic mass is 10.2. The van der Waals surface area contributed by atoms with Gasteiger partial charge in [-0.1, -0.05) is 16.8 Å². The highest BCUT2D eigenvalue weighted by Gasteiger charge is 2.16. The third-order valence-corrected chi connectivity index (χ3v) is 5.09. The molecule has 0 aliphatic carbocycles. The van der Waals surface area contributed by atoms with Crippen LogP contribution in [-0.2, 0) is 16.0 Å². The Kier molecular flexibility index (Phi) is 7.17. The van der Waals surface area contributed by atoms with Gasteiger partial charge in [0.15, 0.2) is 5.15 Å². The van der Waals surface area contributed by atoms with Crippen LogP contribution >= 0.6 is 11.6 Å². The molecule has 2 heterocycles. The van der Waals surface area contributed by atoms with Crippen LogP contribution < -0.4 is 14.9 Å². The molecule has 0 saturated heterocycles. The van der Waals surface area contributed by atoms with E-state index in [4.69, 9.17) is 34.8 Å². The number of aryl methyl sites for hydroxylation is 2. The first kappa shape index (κ1) is 24.0. The van der Waals surface area contributed by atoms with E-state index in [0.717, 1.165) is 0 Å². The summed E-state index contributed by atoms with van der Waals surface area (Å²) < 4.78 is 26.8. The van der Waals surface area contributed by atoms with Crippen LogP contribution in [0.4, 0.5) is 0 Å². The molecule has 0 bridgehead atoms. The van der Waals surface area contributed by atoms with E-state index in [1.807, 2.05) is 0 Å². The number of hydrogen-bond donors (Lipinski definition) is 0. The Labute approximate surface area is 204 Å². The number of aromatic nitrogens is 1. The van der Waals surface area contributed by atoms with Crippen molar-refractivity contribution >= 4 is 34.5 Å². The molecule has 180 valence electrons. The SMILES string of the molecule is CCOC(=O)c1ccc(Oc2c(C)oc3cc(OC(=O)CCc4cc(Cl)no4)ccc3c2=O)cc1. The molecule has 0 amide bonds. The number of hydrogen-bond acceptors (Lipinski definition) is 9. The van der Waals surface area contributed by atoms with Crippen molar-refractivity contribution in [1.82, 2.24) is 5.16 Å². The number of ether oxygens (including phenoxy) is 3. The molecule has 0 saturated carbocycles. The molecule has 0 unspecified atom stereocenters. The number of halogens is 1. The van der Waals surface area contributed by atoms with Gasteiger partial charge in [-0.15, -0.1) is 0 Å². The topological polar surface area (TPSA) is 118 Å². The van der Waals surface area contributed by atoms with E-state index >= 15 is 0 Å². The van der Waals surface area contributed by atoms with Crippen molar-refractivity contribution in [2.75, 3.05) is 6.61 Å². The summed E-state index contributed by atoms with van der Waals surface area (Å²) in [5.41, 5.74) is 0.219. The summed E-state index contributed by atoms with van der Waals surface area (Å²) in [4.78, 5) is 37.0. The molecule has 4 rings (SSSR count). The molecule has 2 aromatic carbocycles. The Morgan fingerprint density at radius 3 is 2.49 bits per heavy atom. The van der Waals surface area contributed by atoms with E-state index in [1.165, 1.54) is 24.3 Å². The Balaban J connectivity index is 1.48. The van der Waals surface area contributed by atoms with Gasteiger partial charge in [-0.2, -0.15) is 0 Å². The molecule has 4 aromatic rings. The number of nitrogens with zero attached hydrogens (tertiary/aromatic N) is 1. The van der Waals surface area contributed by atoms with Gasteiger partial charge in [0.25, 0.3) is 0 Å². The summed E-state index contributed by atoms with van der Waals surface area (Å²) in [6, 6.07) is 12.2. The predicted molar refractivity (Wildman–Crippen MR) is 125 cm³/mol. The quantitative estimate of drug-likeness (QED) is 0.237. The number of carbonyl (C=O) groups is 2. The lowest BCUT2D eigenvalue weighted by Crippen LogP contribution is -2.10. The maximum Gasteiger partial charge on any atom is 0.338 e. The molecule has 35 heavy (non-hydrogen) atoms. The molecular formula is C25H20ClNO8. The molecule has 0 aliphatic heterocycles. The Hall–Kier alpha value is -4.11. The fourth-order valence-electron chi connectivity index (χ4n) is 3.25. The first-order chi connectivity index (χ1) is 16.8. The summed E-state index contributed by atoms with van der Waals surface area (Å²) >= 11 is 5.69. The van der Waals surface area contributed by atoms with Crippen LogP contribution in [0.1, 0.15) is 35.2 Å². The van der Waals surface area contributed by atoms with Gasteiger partial charge in [0, 0.05) is 18.6 Å². The molecule has 0 atom stereocenters. The van der Waals surface area contributed by atoms with E-state index in [9.17, 15) is 14.4 Å². The molecule has 0 radical (unpaired) electrons. The van der Waals surface area contributed by atoms with Gasteiger partial charge in [-0.25, -0.2) is 4.79 Å². The van der Waals surface area contributed by atoms with E-state index in [0.29, 0.717) is 17.1 Å². The zero-order chi connectivity index (χ0) is 24.9. The van der Waals surface area contributed by atoms with Crippen molar-refractivity contribution in [3.05, 3.63) is 81.0 Å². The minimum Gasteiger partial charge on any atom is -0.462 e. The second-order valence-electron chi connectivity index (χ2n) is 7.41. The molecule has 10 heteroatoms. The maximum absolute atomic E-state index is 13.0. The average Bonchev–Trinajstić information content (AvgIpc) is 3.26. The third-order valence-electron chi connectivity index (χ3n) is 4.91. The summed E-state index contributed by atoms with van der Waals surface area (Å²) in [5.74, 6) is 0.353. The summed E-state index contributed by atoms with van der Waals surface area (Å²) in [7, 11) is 0. The monoisotopic (exact) mass is 497 g/mol. The summed E-state index contributed by atoms with van der Waals surface area (Å²) in [6.45, 7) is 3.58. The highest BCUT2D eigenvalue weighted by Crippen LogP contribution is 2.28. The molecule has 0 N–H and O–H groups in total. The van der Waals surface area contributed by atoms with Crippen LogP contribution in [0.2, 0.25) is 5.15 Å². The zero-order valence-electron chi connectivity index (χ0n) is 18.8. The van der Waals surface area contributed by atoms with Gasteiger partial charge < -0.3 is 23.2 Å². The fourth-order valence-corrected chi connectivity index (χ4v) is 3.41. The van der Waals surface area contributed by atoms with Crippen LogP contribution in [0, 0.1) is 6.92 Å². The first-order valence-electron chi connectivity index (χ1n) is 10.7. The third kappa shape index (κ3) is 5.70. The minimum absolute atomic E-state index is 0.0110. The molecular weight excluding hydrogens is 478 g/mol. The standard InChI is InChI=1S/C25H20ClNO8/c1-3-31-25(30)15-4-6-16(7-5-15)34-24-14(2)32-20-12-17(8-10-19(20)23(24)29)33-22(28)11-9-18-13-21(26)27-35-18/h4-8,10,12-13H,3,9,11H2,1-2H3. The summed E-state index contributed by atoms with van der Waals surface area (Å²) in [6.07, 6.45) is 0.329. The lowest BCUT2D eigenvalue weighted by molar-refractivity contribution is -0.134. The number of rotatable bonds is 8. The number of fused-ring (bicyclic) bond motifs is 1. The maximum atomic E-state index is 13.0. The Morgan fingerprint density at radius 2 is 1.80 bits per heavy atom. The molecule has 0 fully saturated rings. The predicted octanol–water partition coefficient (Wildman–Crippen LogP) is 5.25. The number of carbonyl (C=O) groups excluding carboxylic acids is 2. The molecule has 0 spiro atoms. The van der Waals surface area contributed by atoms with Crippen LogP contribution in [0.5, 0.6) is 17.2 Å². The van der Waals surface area contributed by atoms with Gasteiger partial charge in [-0.3, -0.25) is 9.59 Å². The van der Waals surface area contributed by atoms with Crippen molar-refractivity contribution in [3.8, 4) is 17.2 Å². The van der Waals surface area contributed by atoms with E-state index < -0.39 is 17.4 Å². The number of benzene rings is 2. The second-order valence-corrected chi connectivity index (χ2v) is 7.80. The Bertz CT molecular complexity index is 1440. The first-order valence-corrected chi connectivity index (χ1v) is 11.1. The number of esters is 2. The normalized spacial score (nSPS) is 10.8. The van der Waals surface area contributed by atoms with Crippen LogP contribution in [0.3, 0.4) is 0 Å². The van der Waals surface area contributed by atoms with Gasteiger partial charge in [0.05, 0.1) is 24.0 Å². The van der Waals surface area contributed by atoms with Gasteiger partial charge in [0.1, 0.15) is 28.6 Å². The highest BCUT2D eigenvalue weighted by atomic mass is 35.5. The van der Waals surface area contributed by atoms with Gasteiger partial charge >= 0.3 is 11.9 Å². The largest absolute Gasteiger partial charge is 0.462 e. The van der Waals surface area contributed by atoms with Crippen molar-refractivity contribution < 1.29 is 32.7 Å².